The van der Waals surface area contributed by atoms with Gasteiger partial charge in [0, 0.05) is 13.1 Å². The molecule has 1 unspecified atom stereocenters. The number of nitrogens with zero attached hydrogens (tertiary/aromatic N) is 1. The van der Waals surface area contributed by atoms with Gasteiger partial charge in [0.2, 0.25) is 0 Å². The number of nitrogens with one attached hydrogen (secondary N) is 2. The maximum atomic E-state index is 12.8. The number of benzene rings is 1. The molecule has 1 aromatic carbocycles. The highest BCUT2D eigenvalue weighted by Gasteiger charge is 2.35. The fraction of sp³-hybridized carbons (Fsp3) is 0.360. The van der Waals surface area contributed by atoms with Gasteiger partial charge in [-0.15, -0.1) is 11.3 Å². The van der Waals surface area contributed by atoms with E-state index in [1.807, 2.05) is 29.6 Å². The Bertz CT molecular complexity index is 1110. The van der Waals surface area contributed by atoms with Crippen LogP contribution in [0.5, 0.6) is 0 Å². The average Bonchev–Trinajstić information content (AvgIpc) is 3.42. The van der Waals surface area contributed by atoms with Crippen LogP contribution in [0.2, 0.25) is 0 Å². The summed E-state index contributed by atoms with van der Waals surface area (Å²) in [6.07, 6.45) is 0.973. The van der Waals surface area contributed by atoms with Gasteiger partial charge in [0.15, 0.2) is 0 Å². The van der Waals surface area contributed by atoms with Gasteiger partial charge in [-0.1, -0.05) is 36.4 Å². The summed E-state index contributed by atoms with van der Waals surface area (Å²) in [5, 5.41) is 7.21. The highest BCUT2D eigenvalue weighted by Crippen LogP contribution is 2.28. The fourth-order valence-electron chi connectivity index (χ4n) is 4.21. The zero-order chi connectivity index (χ0) is 24.8. The van der Waals surface area contributed by atoms with Crippen LogP contribution in [0.3, 0.4) is 0 Å². The second-order valence-electron chi connectivity index (χ2n) is 8.21. The lowest BCUT2D eigenvalue weighted by Crippen LogP contribution is -2.47. The Hall–Kier alpha value is -3.66. The van der Waals surface area contributed by atoms with Gasteiger partial charge in [0.1, 0.15) is 6.61 Å². The van der Waals surface area contributed by atoms with E-state index in [0.29, 0.717) is 36.4 Å². The summed E-state index contributed by atoms with van der Waals surface area (Å²) in [6, 6.07) is 11.4. The maximum Gasteiger partial charge on any atom is 0.338 e. The van der Waals surface area contributed by atoms with Crippen molar-refractivity contribution in [1.29, 1.82) is 0 Å². The van der Waals surface area contributed by atoms with Gasteiger partial charge in [-0.2, -0.15) is 0 Å². The molecule has 3 heterocycles. The molecule has 0 spiro atoms. The molecule has 0 saturated carbocycles. The number of carbonyl (C=O) groups excluding carboxylic acids is 4. The molecular formula is C25H27N3O6S. The maximum absolute atomic E-state index is 12.8. The Kier molecular flexibility index (Phi) is 7.81. The largest absolute Gasteiger partial charge is 0.463 e. The molecule has 1 atom stereocenters. The summed E-state index contributed by atoms with van der Waals surface area (Å²) in [4.78, 5) is 52.9. The van der Waals surface area contributed by atoms with Crippen LogP contribution in [0, 0.1) is 5.92 Å². The number of thiophene rings is 1. The Labute approximate surface area is 207 Å². The topological polar surface area (TPSA) is 114 Å². The number of rotatable bonds is 7. The molecule has 2 aliphatic rings. The van der Waals surface area contributed by atoms with Crippen LogP contribution < -0.4 is 10.6 Å². The van der Waals surface area contributed by atoms with E-state index < -0.39 is 24.0 Å². The molecule has 9 nitrogen and oxygen atoms in total. The molecule has 184 valence electrons. The first-order valence-electron chi connectivity index (χ1n) is 11.5. The van der Waals surface area contributed by atoms with Crippen LogP contribution in [-0.2, 0) is 19.1 Å². The van der Waals surface area contributed by atoms with Gasteiger partial charge in [-0.25, -0.2) is 9.59 Å². The fourth-order valence-corrected chi connectivity index (χ4v) is 4.90. The molecule has 2 N–H and O–H groups in total. The van der Waals surface area contributed by atoms with Gasteiger partial charge in [-0.05, 0) is 36.8 Å². The molecule has 0 radical (unpaired) electrons. The highest BCUT2D eigenvalue weighted by atomic mass is 32.1. The summed E-state index contributed by atoms with van der Waals surface area (Å²) >= 11 is 1.39. The molecule has 2 aliphatic heterocycles. The molecule has 1 fully saturated rings. The minimum atomic E-state index is -0.732. The molecule has 0 bridgehead atoms. The van der Waals surface area contributed by atoms with Crippen LogP contribution >= 0.6 is 11.3 Å². The number of esters is 2. The van der Waals surface area contributed by atoms with Crippen molar-refractivity contribution in [3.05, 3.63) is 69.6 Å². The molecule has 1 saturated heterocycles. The zero-order valence-corrected chi connectivity index (χ0v) is 20.1. The van der Waals surface area contributed by atoms with Gasteiger partial charge < -0.3 is 25.0 Å². The van der Waals surface area contributed by atoms with E-state index >= 15 is 0 Å². The van der Waals surface area contributed by atoms with Crippen molar-refractivity contribution in [1.82, 2.24) is 15.5 Å². The Morgan fingerprint density at radius 2 is 1.80 bits per heavy atom. The predicted molar refractivity (Wildman–Crippen MR) is 128 cm³/mol. The zero-order valence-electron chi connectivity index (χ0n) is 19.3. The number of ether oxygens (including phenoxy) is 2. The van der Waals surface area contributed by atoms with Gasteiger partial charge in [-0.3, -0.25) is 9.59 Å². The number of amides is 3. The lowest BCUT2D eigenvalue weighted by Gasteiger charge is -2.31. The van der Waals surface area contributed by atoms with Crippen molar-refractivity contribution < 1.29 is 28.7 Å². The smallest absolute Gasteiger partial charge is 0.338 e. The van der Waals surface area contributed by atoms with E-state index in [1.165, 1.54) is 11.3 Å². The number of likely N-dealkylation sites (tertiary alicyclic amines) is 1. The van der Waals surface area contributed by atoms with Gasteiger partial charge in [0.05, 0.1) is 34.7 Å². The SMILES string of the molecule is CCOC(=O)C1=C(COC(=O)C2CCN(C(=O)c3cccs3)CC2)NC(=O)NC1c1ccccc1. The minimum absolute atomic E-state index is 0.0274. The van der Waals surface area contributed by atoms with E-state index in [0.717, 1.165) is 0 Å². The first-order chi connectivity index (χ1) is 17.0. The molecule has 10 heteroatoms. The standard InChI is InChI=1S/C25H27N3O6S/c1-2-33-24(31)20-18(26-25(32)27-21(20)16-7-4-3-5-8-16)15-34-23(30)17-10-12-28(13-11-17)22(29)19-9-6-14-35-19/h3-9,14,17,21H,2,10-13,15H2,1H3,(H2,26,27,32). The Morgan fingerprint density at radius 3 is 2.46 bits per heavy atom. The van der Waals surface area contributed by atoms with E-state index in [1.54, 1.807) is 30.0 Å². The number of urea groups is 1. The lowest BCUT2D eigenvalue weighted by molar-refractivity contribution is -0.149. The summed E-state index contributed by atoms with van der Waals surface area (Å²) < 4.78 is 10.8. The van der Waals surface area contributed by atoms with E-state index in [9.17, 15) is 19.2 Å². The van der Waals surface area contributed by atoms with Gasteiger partial charge >= 0.3 is 18.0 Å². The molecule has 0 aliphatic carbocycles. The second kappa shape index (κ2) is 11.2. The quantitative estimate of drug-likeness (QED) is 0.569. The van der Waals surface area contributed by atoms with E-state index in [-0.39, 0.29) is 36.3 Å². The third-order valence-corrected chi connectivity index (χ3v) is 6.85. The minimum Gasteiger partial charge on any atom is -0.463 e. The van der Waals surface area contributed by atoms with Gasteiger partial charge in [0.25, 0.3) is 5.91 Å². The summed E-state index contributed by atoms with van der Waals surface area (Å²) in [5.41, 5.74) is 1.10. The monoisotopic (exact) mass is 497 g/mol. The molecule has 4 rings (SSSR count). The number of hydrogen-bond donors (Lipinski definition) is 2. The first kappa shape index (κ1) is 24.5. The summed E-state index contributed by atoms with van der Waals surface area (Å²) in [6.45, 7) is 2.51. The summed E-state index contributed by atoms with van der Waals surface area (Å²) in [7, 11) is 0. The molecule has 3 amide bonds. The second-order valence-corrected chi connectivity index (χ2v) is 9.15. The van der Waals surface area contributed by atoms with E-state index in [4.69, 9.17) is 9.47 Å². The van der Waals surface area contributed by atoms with Crippen molar-refractivity contribution >= 4 is 35.2 Å². The van der Waals surface area contributed by atoms with Crippen molar-refractivity contribution in [3.8, 4) is 0 Å². The van der Waals surface area contributed by atoms with Crippen LogP contribution in [-0.4, -0.2) is 55.1 Å². The Balaban J connectivity index is 1.43. The normalized spacial score (nSPS) is 18.5. The van der Waals surface area contributed by atoms with Crippen LogP contribution in [0.25, 0.3) is 0 Å². The van der Waals surface area contributed by atoms with Crippen molar-refractivity contribution in [2.45, 2.75) is 25.8 Å². The van der Waals surface area contributed by atoms with Crippen LogP contribution in [0.15, 0.2) is 59.1 Å². The lowest BCUT2D eigenvalue weighted by atomic mass is 9.95. The van der Waals surface area contributed by atoms with Crippen molar-refractivity contribution in [2.75, 3.05) is 26.3 Å². The van der Waals surface area contributed by atoms with Crippen molar-refractivity contribution in [3.63, 3.8) is 0 Å². The highest BCUT2D eigenvalue weighted by molar-refractivity contribution is 7.12. The Morgan fingerprint density at radius 1 is 1.06 bits per heavy atom. The summed E-state index contributed by atoms with van der Waals surface area (Å²) in [5.74, 6) is -1.41. The molecule has 2 aromatic rings. The third kappa shape index (κ3) is 5.71. The number of piperidine rings is 1. The molecule has 1 aromatic heterocycles. The third-order valence-electron chi connectivity index (χ3n) is 5.99. The molecule has 35 heavy (non-hydrogen) atoms. The number of hydrogen-bond acceptors (Lipinski definition) is 7. The van der Waals surface area contributed by atoms with E-state index in [2.05, 4.69) is 10.6 Å². The van der Waals surface area contributed by atoms with Crippen molar-refractivity contribution in [2.24, 2.45) is 5.92 Å². The average molecular weight is 498 g/mol. The number of carbonyl (C=O) groups is 4. The van der Waals surface area contributed by atoms with Crippen LogP contribution in [0.4, 0.5) is 4.79 Å². The predicted octanol–water partition coefficient (Wildman–Crippen LogP) is 3.01. The molecular weight excluding hydrogens is 470 g/mol. The van der Waals surface area contributed by atoms with Crippen LogP contribution in [0.1, 0.15) is 41.0 Å². The first-order valence-corrected chi connectivity index (χ1v) is 12.4.